The first-order valence-corrected chi connectivity index (χ1v) is 6.14. The van der Waals surface area contributed by atoms with Crippen molar-refractivity contribution in [3.8, 4) is 0 Å². The van der Waals surface area contributed by atoms with Crippen LogP contribution in [-0.2, 0) is 4.79 Å². The van der Waals surface area contributed by atoms with Crippen molar-refractivity contribution in [2.45, 2.75) is 25.3 Å². The molecular weight excluding hydrogens is 274 g/mol. The molecule has 1 fully saturated rings. The molecule has 7 nitrogen and oxygen atoms in total. The Bertz CT molecular complexity index is 523. The second-order valence-corrected chi connectivity index (χ2v) is 4.88. The first-order valence-electron chi connectivity index (χ1n) is 5.76. The van der Waals surface area contributed by atoms with E-state index in [-0.39, 0.29) is 22.7 Å². The number of hydrogen-bond donors (Lipinski definition) is 2. The third-order valence-corrected chi connectivity index (χ3v) is 3.45. The number of hydrogen-bond acceptors (Lipinski definition) is 5. The summed E-state index contributed by atoms with van der Waals surface area (Å²) in [5.41, 5.74) is -0.176. The molecule has 0 saturated heterocycles. The van der Waals surface area contributed by atoms with Gasteiger partial charge < -0.3 is 10.4 Å². The number of nitrogens with one attached hydrogen (secondary N) is 1. The van der Waals surface area contributed by atoms with Gasteiger partial charge in [0, 0.05) is 12.1 Å². The molecule has 0 bridgehead atoms. The Morgan fingerprint density at radius 3 is 2.84 bits per heavy atom. The van der Waals surface area contributed by atoms with E-state index in [1.54, 1.807) is 0 Å². The van der Waals surface area contributed by atoms with Crippen molar-refractivity contribution >= 4 is 29.1 Å². The Kier molecular flexibility index (Phi) is 3.84. The summed E-state index contributed by atoms with van der Waals surface area (Å²) in [5, 5.41) is 22.6. The quantitative estimate of drug-likeness (QED) is 0.649. The molecule has 0 spiro atoms. The highest BCUT2D eigenvalue weighted by Crippen LogP contribution is 2.30. The number of carbonyl (C=O) groups is 1. The molecule has 1 aromatic rings. The van der Waals surface area contributed by atoms with E-state index in [1.165, 1.54) is 6.07 Å². The van der Waals surface area contributed by atoms with Crippen molar-refractivity contribution in [3.05, 3.63) is 27.4 Å². The van der Waals surface area contributed by atoms with Crippen LogP contribution in [0, 0.1) is 16.0 Å². The minimum absolute atomic E-state index is 0.0208. The molecule has 19 heavy (non-hydrogen) atoms. The minimum atomic E-state index is -0.799. The van der Waals surface area contributed by atoms with Gasteiger partial charge in [0.2, 0.25) is 0 Å². The van der Waals surface area contributed by atoms with Crippen molar-refractivity contribution < 1.29 is 14.8 Å². The Balaban J connectivity index is 2.04. The highest BCUT2D eigenvalue weighted by atomic mass is 35.5. The van der Waals surface area contributed by atoms with E-state index >= 15 is 0 Å². The number of carboxylic acid groups (broad SMARTS) is 1. The first-order chi connectivity index (χ1) is 8.97. The lowest BCUT2D eigenvalue weighted by Gasteiger charge is -2.13. The summed E-state index contributed by atoms with van der Waals surface area (Å²) in [5.74, 6) is -0.801. The topological polar surface area (TPSA) is 105 Å². The van der Waals surface area contributed by atoms with Crippen molar-refractivity contribution in [2.75, 3.05) is 5.32 Å². The van der Waals surface area contributed by atoms with Crippen LogP contribution in [0.5, 0.6) is 0 Å². The molecule has 2 atom stereocenters. The average Bonchev–Trinajstić information content (AvgIpc) is 2.80. The lowest BCUT2D eigenvalue weighted by atomic mass is 10.1. The fourth-order valence-electron chi connectivity index (χ4n) is 2.16. The van der Waals surface area contributed by atoms with E-state index < -0.39 is 10.9 Å². The van der Waals surface area contributed by atoms with Gasteiger partial charge in [-0.1, -0.05) is 11.6 Å². The van der Waals surface area contributed by atoms with Crippen LogP contribution in [0.15, 0.2) is 12.3 Å². The van der Waals surface area contributed by atoms with Gasteiger partial charge in [-0.05, 0) is 19.3 Å². The molecule has 0 aromatic carbocycles. The average molecular weight is 286 g/mol. The molecule has 8 heteroatoms. The van der Waals surface area contributed by atoms with Crippen LogP contribution in [0.25, 0.3) is 0 Å². The summed E-state index contributed by atoms with van der Waals surface area (Å²) in [6.07, 6.45) is 2.95. The van der Waals surface area contributed by atoms with Crippen molar-refractivity contribution in [2.24, 2.45) is 5.92 Å². The Labute approximate surface area is 113 Å². The summed E-state index contributed by atoms with van der Waals surface area (Å²) in [6.45, 7) is 0. The van der Waals surface area contributed by atoms with E-state index in [0.29, 0.717) is 25.1 Å². The molecule has 0 unspecified atom stereocenters. The Morgan fingerprint density at radius 2 is 2.32 bits per heavy atom. The second-order valence-electron chi connectivity index (χ2n) is 4.47. The summed E-state index contributed by atoms with van der Waals surface area (Å²) in [4.78, 5) is 24.7. The third-order valence-electron chi connectivity index (χ3n) is 3.16. The molecule has 1 saturated carbocycles. The monoisotopic (exact) mass is 285 g/mol. The number of anilines is 1. The number of aliphatic carboxylic acids is 1. The third kappa shape index (κ3) is 3.11. The van der Waals surface area contributed by atoms with E-state index in [0.717, 1.165) is 6.20 Å². The lowest BCUT2D eigenvalue weighted by molar-refractivity contribution is -0.385. The van der Waals surface area contributed by atoms with Gasteiger partial charge in [0.05, 0.1) is 15.9 Å². The van der Waals surface area contributed by atoms with Gasteiger partial charge >= 0.3 is 5.97 Å². The summed E-state index contributed by atoms with van der Waals surface area (Å²) < 4.78 is 0. The highest BCUT2D eigenvalue weighted by Gasteiger charge is 2.30. The summed E-state index contributed by atoms with van der Waals surface area (Å²) in [7, 11) is 0. The predicted molar refractivity (Wildman–Crippen MR) is 68.3 cm³/mol. The molecule has 1 aliphatic carbocycles. The van der Waals surface area contributed by atoms with E-state index in [9.17, 15) is 14.9 Å². The van der Waals surface area contributed by atoms with Crippen LogP contribution in [0.3, 0.4) is 0 Å². The van der Waals surface area contributed by atoms with Gasteiger partial charge in [0.1, 0.15) is 12.0 Å². The number of aromatic nitrogens is 1. The van der Waals surface area contributed by atoms with Gasteiger partial charge in [0.15, 0.2) is 0 Å². The van der Waals surface area contributed by atoms with Crippen LogP contribution in [0.4, 0.5) is 11.5 Å². The molecule has 102 valence electrons. The van der Waals surface area contributed by atoms with Crippen molar-refractivity contribution in [1.29, 1.82) is 0 Å². The normalized spacial score (nSPS) is 22.2. The van der Waals surface area contributed by atoms with Crippen LogP contribution < -0.4 is 5.32 Å². The van der Waals surface area contributed by atoms with Crippen LogP contribution in [-0.4, -0.2) is 27.0 Å². The largest absolute Gasteiger partial charge is 0.481 e. The molecule has 0 aliphatic heterocycles. The Morgan fingerprint density at radius 1 is 1.58 bits per heavy atom. The van der Waals surface area contributed by atoms with Crippen LogP contribution >= 0.6 is 11.6 Å². The smallest absolute Gasteiger partial charge is 0.306 e. The molecule has 1 aliphatic rings. The standard InChI is InChI=1S/C11H12ClN3O4/c12-9-4-8(15(18)19)5-13-10(9)14-7-2-1-6(3-7)11(16)17/h4-7H,1-3H2,(H,13,14)(H,16,17)/t6-,7+/m1/s1. The zero-order chi connectivity index (χ0) is 14.0. The van der Waals surface area contributed by atoms with Gasteiger partial charge in [-0.15, -0.1) is 0 Å². The lowest BCUT2D eigenvalue weighted by Crippen LogP contribution is -2.18. The fourth-order valence-corrected chi connectivity index (χ4v) is 2.38. The van der Waals surface area contributed by atoms with Crippen LogP contribution in [0.1, 0.15) is 19.3 Å². The van der Waals surface area contributed by atoms with Gasteiger partial charge in [-0.25, -0.2) is 4.98 Å². The molecule has 2 N–H and O–H groups in total. The number of carboxylic acids is 1. The Hall–Kier alpha value is -1.89. The maximum atomic E-state index is 10.8. The zero-order valence-electron chi connectivity index (χ0n) is 9.88. The first kappa shape index (κ1) is 13.5. The molecule has 1 heterocycles. The molecule has 0 amide bonds. The van der Waals surface area contributed by atoms with Crippen LogP contribution in [0.2, 0.25) is 5.02 Å². The molecule has 0 radical (unpaired) electrons. The van der Waals surface area contributed by atoms with Gasteiger partial charge in [-0.3, -0.25) is 14.9 Å². The molecule has 1 aromatic heterocycles. The number of nitro groups is 1. The number of nitrogens with zero attached hydrogens (tertiary/aromatic N) is 2. The fraction of sp³-hybridized carbons (Fsp3) is 0.455. The van der Waals surface area contributed by atoms with E-state index in [2.05, 4.69) is 10.3 Å². The van der Waals surface area contributed by atoms with Gasteiger partial charge in [-0.2, -0.15) is 0 Å². The van der Waals surface area contributed by atoms with Crippen molar-refractivity contribution in [3.63, 3.8) is 0 Å². The molecular formula is C11H12ClN3O4. The molecule has 2 rings (SSSR count). The number of halogens is 1. The summed E-state index contributed by atoms with van der Waals surface area (Å²) >= 11 is 5.91. The highest BCUT2D eigenvalue weighted by molar-refractivity contribution is 6.33. The van der Waals surface area contributed by atoms with Crippen molar-refractivity contribution in [1.82, 2.24) is 4.98 Å². The minimum Gasteiger partial charge on any atom is -0.481 e. The maximum absolute atomic E-state index is 10.8. The maximum Gasteiger partial charge on any atom is 0.306 e. The van der Waals surface area contributed by atoms with E-state index in [4.69, 9.17) is 16.7 Å². The SMILES string of the molecule is O=C(O)[C@@H]1CC[C@H](Nc2ncc([N+](=O)[O-])cc2Cl)C1. The number of rotatable bonds is 4. The zero-order valence-corrected chi connectivity index (χ0v) is 10.6. The predicted octanol–water partition coefficient (Wildman–Crippen LogP) is 2.31. The number of pyridine rings is 1. The van der Waals surface area contributed by atoms with E-state index in [1.807, 2.05) is 0 Å². The van der Waals surface area contributed by atoms with Gasteiger partial charge in [0.25, 0.3) is 5.69 Å². The summed E-state index contributed by atoms with van der Waals surface area (Å²) in [6, 6.07) is 1.20. The second kappa shape index (κ2) is 5.40.